The Morgan fingerprint density at radius 2 is 2.14 bits per heavy atom. The Morgan fingerprint density at radius 3 is 2.82 bits per heavy atom. The summed E-state index contributed by atoms with van der Waals surface area (Å²) in [5.41, 5.74) is 0.826. The molecule has 2 heterocycles. The van der Waals surface area contributed by atoms with Crippen molar-refractivity contribution in [2.45, 2.75) is 19.4 Å². The lowest BCUT2D eigenvalue weighted by Crippen LogP contribution is -2.46. The molecule has 112 valence electrons. The highest BCUT2D eigenvalue weighted by atomic mass is 32.1. The van der Waals surface area contributed by atoms with Crippen LogP contribution in [0.4, 0.5) is 10.8 Å². The molecule has 0 aliphatic carbocycles. The van der Waals surface area contributed by atoms with Gasteiger partial charge in [-0.3, -0.25) is 19.3 Å². The molecule has 22 heavy (non-hydrogen) atoms. The molecule has 1 unspecified atom stereocenters. The van der Waals surface area contributed by atoms with E-state index in [4.69, 9.17) is 0 Å². The molecule has 2 aromatic rings. The van der Waals surface area contributed by atoms with E-state index >= 15 is 0 Å². The number of hydrogen-bond acceptors (Lipinski definition) is 5. The summed E-state index contributed by atoms with van der Waals surface area (Å²) in [6.45, 7) is 1.80. The number of ketones is 1. The number of hydrogen-bond donors (Lipinski definition) is 1. The number of carbonyl (C=O) groups excluding carboxylic acids is 3. The van der Waals surface area contributed by atoms with Crippen molar-refractivity contribution in [3.05, 3.63) is 41.4 Å². The molecule has 0 saturated heterocycles. The van der Waals surface area contributed by atoms with Crippen molar-refractivity contribution in [1.82, 2.24) is 4.98 Å². The highest BCUT2D eigenvalue weighted by Gasteiger charge is 2.41. The van der Waals surface area contributed by atoms with Crippen molar-refractivity contribution in [3.63, 3.8) is 0 Å². The number of para-hydroxylation sites is 1. The lowest BCUT2D eigenvalue weighted by Gasteiger charge is -2.25. The van der Waals surface area contributed by atoms with Crippen LogP contribution in [0, 0.1) is 0 Å². The molecule has 0 saturated carbocycles. The molecule has 0 bridgehead atoms. The van der Waals surface area contributed by atoms with Crippen molar-refractivity contribution in [2.75, 3.05) is 10.2 Å². The summed E-state index contributed by atoms with van der Waals surface area (Å²) in [6, 6.07) is 5.97. The Bertz CT molecular complexity index is 742. The molecule has 1 aliphatic heterocycles. The van der Waals surface area contributed by atoms with Crippen molar-refractivity contribution in [2.24, 2.45) is 0 Å². The van der Waals surface area contributed by atoms with Gasteiger partial charge in [0.25, 0.3) is 11.7 Å². The van der Waals surface area contributed by atoms with E-state index in [1.807, 2.05) is 0 Å². The first-order chi connectivity index (χ1) is 10.6. The fraction of sp³-hybridized carbons (Fsp3) is 0.200. The van der Waals surface area contributed by atoms with Gasteiger partial charge in [-0.15, -0.1) is 11.3 Å². The predicted octanol–water partition coefficient (Wildman–Crippen LogP) is 2.09. The van der Waals surface area contributed by atoms with Crippen LogP contribution >= 0.6 is 11.3 Å². The number of anilines is 2. The van der Waals surface area contributed by atoms with Crippen LogP contribution in [-0.2, 0) is 9.59 Å². The maximum absolute atomic E-state index is 12.4. The van der Waals surface area contributed by atoms with Gasteiger partial charge in [0.1, 0.15) is 6.04 Å². The molecule has 1 atom stereocenters. The SMILES string of the molecule is CCC(C(=O)Nc1nccs1)N1C(=O)C(=O)c2ccccc21. The number of thiazole rings is 1. The van der Waals surface area contributed by atoms with E-state index in [9.17, 15) is 14.4 Å². The zero-order chi connectivity index (χ0) is 15.7. The lowest BCUT2D eigenvalue weighted by molar-refractivity contribution is -0.121. The first kappa shape index (κ1) is 14.4. The smallest absolute Gasteiger partial charge is 0.300 e. The Labute approximate surface area is 130 Å². The quantitative estimate of drug-likeness (QED) is 0.876. The van der Waals surface area contributed by atoms with Crippen LogP contribution < -0.4 is 10.2 Å². The summed E-state index contributed by atoms with van der Waals surface area (Å²) in [5.74, 6) is -1.59. The molecular weight excluding hydrogens is 302 g/mol. The molecule has 2 amide bonds. The molecule has 7 heteroatoms. The van der Waals surface area contributed by atoms with Gasteiger partial charge in [-0.2, -0.15) is 0 Å². The first-order valence-corrected chi connectivity index (χ1v) is 7.68. The van der Waals surface area contributed by atoms with Crippen molar-refractivity contribution < 1.29 is 14.4 Å². The zero-order valence-electron chi connectivity index (χ0n) is 11.8. The molecule has 3 rings (SSSR count). The van der Waals surface area contributed by atoms with Gasteiger partial charge in [0.2, 0.25) is 5.91 Å². The van der Waals surface area contributed by atoms with Gasteiger partial charge in [0.05, 0.1) is 11.3 Å². The van der Waals surface area contributed by atoms with Crippen LogP contribution in [0.25, 0.3) is 0 Å². The number of fused-ring (bicyclic) bond motifs is 1. The van der Waals surface area contributed by atoms with E-state index in [1.54, 1.807) is 42.8 Å². The number of aromatic nitrogens is 1. The number of nitrogens with zero attached hydrogens (tertiary/aromatic N) is 2. The lowest BCUT2D eigenvalue weighted by atomic mass is 10.1. The normalized spacial score (nSPS) is 14.9. The van der Waals surface area contributed by atoms with Gasteiger partial charge in [-0.1, -0.05) is 19.1 Å². The van der Waals surface area contributed by atoms with Crippen LogP contribution in [-0.4, -0.2) is 28.6 Å². The molecular formula is C15H13N3O3S. The van der Waals surface area contributed by atoms with Gasteiger partial charge >= 0.3 is 0 Å². The fourth-order valence-electron chi connectivity index (χ4n) is 2.48. The van der Waals surface area contributed by atoms with E-state index < -0.39 is 17.7 Å². The largest absolute Gasteiger partial charge is 0.300 e. The summed E-state index contributed by atoms with van der Waals surface area (Å²) in [6.07, 6.45) is 1.98. The molecule has 0 fully saturated rings. The topological polar surface area (TPSA) is 79.4 Å². The van der Waals surface area contributed by atoms with Crippen molar-refractivity contribution in [3.8, 4) is 0 Å². The third-order valence-electron chi connectivity index (χ3n) is 3.48. The van der Waals surface area contributed by atoms with Crippen molar-refractivity contribution >= 4 is 39.8 Å². The molecule has 1 aliphatic rings. The standard InChI is InChI=1S/C15H13N3O3S/c1-2-10(13(20)17-15-16-7-8-22-15)18-11-6-4-3-5-9(11)12(19)14(18)21/h3-8,10H,2H2,1H3,(H,16,17,20). The minimum atomic E-state index is -0.746. The Morgan fingerprint density at radius 1 is 1.36 bits per heavy atom. The second-order valence-electron chi connectivity index (χ2n) is 4.77. The highest BCUT2D eigenvalue weighted by Crippen LogP contribution is 2.31. The van der Waals surface area contributed by atoms with E-state index in [0.717, 1.165) is 0 Å². The average molecular weight is 315 g/mol. The Hall–Kier alpha value is -2.54. The van der Waals surface area contributed by atoms with E-state index in [-0.39, 0.29) is 5.91 Å². The first-order valence-electron chi connectivity index (χ1n) is 6.80. The zero-order valence-corrected chi connectivity index (χ0v) is 12.6. The minimum Gasteiger partial charge on any atom is -0.300 e. The highest BCUT2D eigenvalue weighted by molar-refractivity contribution is 7.13. The number of benzene rings is 1. The summed E-state index contributed by atoms with van der Waals surface area (Å²) >= 11 is 1.30. The molecule has 0 spiro atoms. The number of nitrogens with one attached hydrogen (secondary N) is 1. The number of amides is 2. The Balaban J connectivity index is 1.92. The minimum absolute atomic E-state index is 0.341. The number of rotatable bonds is 4. The molecule has 1 aromatic heterocycles. The van der Waals surface area contributed by atoms with Crippen LogP contribution in [0.1, 0.15) is 23.7 Å². The van der Waals surface area contributed by atoms with Gasteiger partial charge in [0.15, 0.2) is 5.13 Å². The van der Waals surface area contributed by atoms with E-state index in [0.29, 0.717) is 22.8 Å². The van der Waals surface area contributed by atoms with Crippen LogP contribution in [0.2, 0.25) is 0 Å². The molecule has 6 nitrogen and oxygen atoms in total. The van der Waals surface area contributed by atoms with Gasteiger partial charge in [0, 0.05) is 11.6 Å². The summed E-state index contributed by atoms with van der Waals surface area (Å²) in [4.78, 5) is 42.0. The van der Waals surface area contributed by atoms with E-state index in [1.165, 1.54) is 16.2 Å². The maximum atomic E-state index is 12.4. The van der Waals surface area contributed by atoms with Gasteiger partial charge < -0.3 is 5.32 Å². The second-order valence-corrected chi connectivity index (χ2v) is 5.67. The predicted molar refractivity (Wildman–Crippen MR) is 83.1 cm³/mol. The molecule has 0 radical (unpaired) electrons. The van der Waals surface area contributed by atoms with Crippen LogP contribution in [0.3, 0.4) is 0 Å². The molecule has 1 aromatic carbocycles. The summed E-state index contributed by atoms with van der Waals surface area (Å²) in [5, 5.41) is 4.89. The number of Topliss-reactive ketones (excluding diaryl/α,β-unsaturated/α-hetero) is 1. The fourth-order valence-corrected chi connectivity index (χ4v) is 3.01. The van der Waals surface area contributed by atoms with Crippen LogP contribution in [0.15, 0.2) is 35.8 Å². The van der Waals surface area contributed by atoms with E-state index in [2.05, 4.69) is 10.3 Å². The summed E-state index contributed by atoms with van der Waals surface area (Å²) in [7, 11) is 0. The monoisotopic (exact) mass is 315 g/mol. The average Bonchev–Trinajstić information content (AvgIpc) is 3.11. The third-order valence-corrected chi connectivity index (χ3v) is 4.17. The van der Waals surface area contributed by atoms with Gasteiger partial charge in [-0.25, -0.2) is 4.98 Å². The Kier molecular flexibility index (Phi) is 3.72. The van der Waals surface area contributed by atoms with Crippen molar-refractivity contribution in [1.29, 1.82) is 0 Å². The number of carbonyl (C=O) groups is 3. The second kappa shape index (κ2) is 5.69. The van der Waals surface area contributed by atoms with Gasteiger partial charge in [-0.05, 0) is 18.6 Å². The third kappa shape index (κ3) is 2.29. The maximum Gasteiger partial charge on any atom is 0.300 e. The molecule has 1 N–H and O–H groups in total. The van der Waals surface area contributed by atoms with Crippen LogP contribution in [0.5, 0.6) is 0 Å². The summed E-state index contributed by atoms with van der Waals surface area (Å²) < 4.78 is 0.